The number of ether oxygens (including phenoxy) is 1. The Balaban J connectivity index is 2.35. The van der Waals surface area contributed by atoms with Crippen molar-refractivity contribution in [3.05, 3.63) is 17.1 Å². The van der Waals surface area contributed by atoms with E-state index in [1.807, 2.05) is 0 Å². The van der Waals surface area contributed by atoms with Gasteiger partial charge in [0.25, 0.3) is 0 Å². The topological polar surface area (TPSA) is 55.2 Å². The normalized spacial score (nSPS) is 11.4. The van der Waals surface area contributed by atoms with Crippen LogP contribution in [0, 0.1) is 0 Å². The fourth-order valence-electron chi connectivity index (χ4n) is 0.794. The van der Waals surface area contributed by atoms with Gasteiger partial charge in [0.15, 0.2) is 10.5 Å². The molecule has 5 heteroatoms. The zero-order chi connectivity index (χ0) is 10.6. The summed E-state index contributed by atoms with van der Waals surface area (Å²) in [6, 6.07) is 0. The van der Waals surface area contributed by atoms with E-state index >= 15 is 0 Å². The molecular weight excluding hydrogens is 248 g/mol. The maximum atomic E-state index is 9.42. The van der Waals surface area contributed by atoms with E-state index in [9.17, 15) is 5.11 Å². The monoisotopic (exact) mass is 260 g/mol. The number of hydrogen-bond donors (Lipinski definition) is 1. The smallest absolute Gasteiger partial charge is 0.196 e. The van der Waals surface area contributed by atoms with Crippen molar-refractivity contribution in [1.29, 1.82) is 0 Å². The lowest BCUT2D eigenvalue weighted by Crippen LogP contribution is -2.21. The highest BCUT2D eigenvalue weighted by atomic mass is 79.9. The Morgan fingerprint density at radius 2 is 2.00 bits per heavy atom. The van der Waals surface area contributed by atoms with Crippen LogP contribution in [0.25, 0.3) is 0 Å². The molecule has 0 aliphatic rings. The van der Waals surface area contributed by atoms with Gasteiger partial charge in [0.2, 0.25) is 0 Å². The number of hydrogen-bond acceptors (Lipinski definition) is 4. The molecule has 4 nitrogen and oxygen atoms in total. The Bertz CT molecular complexity index is 282. The Hall–Kier alpha value is -0.680. The van der Waals surface area contributed by atoms with Crippen LogP contribution in [0.5, 0.6) is 5.75 Å². The lowest BCUT2D eigenvalue weighted by molar-refractivity contribution is 0.0552. The summed E-state index contributed by atoms with van der Waals surface area (Å²) in [5.41, 5.74) is -0.698. The summed E-state index contributed by atoms with van der Waals surface area (Å²) < 4.78 is 5.87. The van der Waals surface area contributed by atoms with E-state index < -0.39 is 5.60 Å². The molecule has 0 fully saturated rings. The van der Waals surface area contributed by atoms with Crippen molar-refractivity contribution in [3.8, 4) is 5.75 Å². The van der Waals surface area contributed by atoms with Crippen LogP contribution in [-0.2, 0) is 0 Å². The zero-order valence-corrected chi connectivity index (χ0v) is 9.78. The molecule has 0 unspecified atom stereocenters. The second-order valence-electron chi connectivity index (χ2n) is 3.60. The maximum absolute atomic E-state index is 9.42. The van der Waals surface area contributed by atoms with E-state index in [0.717, 1.165) is 0 Å². The summed E-state index contributed by atoms with van der Waals surface area (Å²) >= 11 is 3.13. The van der Waals surface area contributed by atoms with Gasteiger partial charge in [0.1, 0.15) is 0 Å². The van der Waals surface area contributed by atoms with Gasteiger partial charge in [-0.3, -0.25) is 0 Å². The molecule has 1 rings (SSSR count). The van der Waals surface area contributed by atoms with Gasteiger partial charge in [-0.15, -0.1) is 0 Å². The van der Waals surface area contributed by atoms with Crippen LogP contribution in [0.2, 0.25) is 0 Å². The van der Waals surface area contributed by atoms with E-state index in [1.165, 1.54) is 0 Å². The summed E-state index contributed by atoms with van der Waals surface area (Å²) in [5, 5.41) is 9.42. The number of nitrogens with zero attached hydrogens (tertiary/aromatic N) is 2. The minimum absolute atomic E-state index is 0.453. The van der Waals surface area contributed by atoms with Crippen molar-refractivity contribution in [1.82, 2.24) is 9.97 Å². The lowest BCUT2D eigenvalue weighted by Gasteiger charge is -2.16. The standard InChI is InChI=1S/C9H13BrN2O2/c1-9(2,13)3-4-14-7-5-11-8(10)12-6-7/h5-6,13H,3-4H2,1-2H3. The van der Waals surface area contributed by atoms with Crippen molar-refractivity contribution < 1.29 is 9.84 Å². The van der Waals surface area contributed by atoms with Crippen LogP contribution in [-0.4, -0.2) is 27.3 Å². The minimum atomic E-state index is -0.698. The first-order valence-corrected chi connectivity index (χ1v) is 5.09. The molecule has 0 saturated heterocycles. The summed E-state index contributed by atoms with van der Waals surface area (Å²) in [7, 11) is 0. The molecule has 1 aromatic rings. The van der Waals surface area contributed by atoms with Gasteiger partial charge < -0.3 is 9.84 Å². The molecule has 78 valence electrons. The predicted octanol–water partition coefficient (Wildman–Crippen LogP) is 1.78. The summed E-state index contributed by atoms with van der Waals surface area (Å²) in [6.45, 7) is 3.94. The second kappa shape index (κ2) is 4.70. The molecule has 1 heterocycles. The highest BCUT2D eigenvalue weighted by Gasteiger charge is 2.11. The van der Waals surface area contributed by atoms with Crippen molar-refractivity contribution in [2.75, 3.05) is 6.61 Å². The van der Waals surface area contributed by atoms with E-state index in [4.69, 9.17) is 4.74 Å². The lowest BCUT2D eigenvalue weighted by atomic mass is 10.1. The SMILES string of the molecule is CC(C)(O)CCOc1cnc(Br)nc1. The first-order valence-electron chi connectivity index (χ1n) is 4.30. The van der Waals surface area contributed by atoms with Crippen LogP contribution in [0.3, 0.4) is 0 Å². The third-order valence-electron chi connectivity index (χ3n) is 1.58. The average molecular weight is 261 g/mol. The fourth-order valence-corrected chi connectivity index (χ4v) is 0.998. The van der Waals surface area contributed by atoms with Gasteiger partial charge in [-0.2, -0.15) is 0 Å². The first kappa shape index (κ1) is 11.4. The Morgan fingerprint density at radius 1 is 1.43 bits per heavy atom. The largest absolute Gasteiger partial charge is 0.490 e. The maximum Gasteiger partial charge on any atom is 0.196 e. The third-order valence-corrected chi connectivity index (χ3v) is 1.99. The van der Waals surface area contributed by atoms with E-state index in [-0.39, 0.29) is 0 Å². The molecule has 0 aliphatic carbocycles. The van der Waals surface area contributed by atoms with Crippen LogP contribution in [0.1, 0.15) is 20.3 Å². The van der Waals surface area contributed by atoms with E-state index in [1.54, 1.807) is 26.2 Å². The molecule has 0 amide bonds. The van der Waals surface area contributed by atoms with Gasteiger partial charge in [-0.25, -0.2) is 9.97 Å². The van der Waals surface area contributed by atoms with Gasteiger partial charge in [0, 0.05) is 6.42 Å². The second-order valence-corrected chi connectivity index (χ2v) is 4.31. The molecule has 1 aromatic heterocycles. The van der Waals surface area contributed by atoms with Gasteiger partial charge in [-0.1, -0.05) is 0 Å². The predicted molar refractivity (Wildman–Crippen MR) is 56.1 cm³/mol. The van der Waals surface area contributed by atoms with Crippen LogP contribution in [0.4, 0.5) is 0 Å². The molecule has 0 radical (unpaired) electrons. The summed E-state index contributed by atoms with van der Waals surface area (Å²) in [4.78, 5) is 7.82. The van der Waals surface area contributed by atoms with Crippen LogP contribution in [0.15, 0.2) is 17.1 Å². The van der Waals surface area contributed by atoms with Crippen molar-refractivity contribution in [2.24, 2.45) is 0 Å². The van der Waals surface area contributed by atoms with Gasteiger partial charge in [0.05, 0.1) is 24.6 Å². The van der Waals surface area contributed by atoms with Crippen molar-refractivity contribution in [3.63, 3.8) is 0 Å². The molecule has 0 spiro atoms. The minimum Gasteiger partial charge on any atom is -0.490 e. The van der Waals surface area contributed by atoms with E-state index in [0.29, 0.717) is 23.5 Å². The molecule has 0 bridgehead atoms. The van der Waals surface area contributed by atoms with Crippen molar-refractivity contribution >= 4 is 15.9 Å². The first-order chi connectivity index (χ1) is 6.47. The van der Waals surface area contributed by atoms with Crippen LogP contribution >= 0.6 is 15.9 Å². The molecule has 0 aliphatic heterocycles. The molecule has 0 aromatic carbocycles. The van der Waals surface area contributed by atoms with Crippen molar-refractivity contribution in [2.45, 2.75) is 25.9 Å². The molecular formula is C9H13BrN2O2. The molecule has 14 heavy (non-hydrogen) atoms. The quantitative estimate of drug-likeness (QED) is 0.839. The van der Waals surface area contributed by atoms with E-state index in [2.05, 4.69) is 25.9 Å². The zero-order valence-electron chi connectivity index (χ0n) is 8.20. The Morgan fingerprint density at radius 3 is 2.50 bits per heavy atom. The van der Waals surface area contributed by atoms with Gasteiger partial charge in [-0.05, 0) is 29.8 Å². The van der Waals surface area contributed by atoms with Gasteiger partial charge >= 0.3 is 0 Å². The number of aromatic nitrogens is 2. The van der Waals surface area contributed by atoms with Crippen LogP contribution < -0.4 is 4.74 Å². The molecule has 0 atom stereocenters. The Kier molecular flexibility index (Phi) is 3.83. The highest BCUT2D eigenvalue weighted by Crippen LogP contribution is 2.12. The highest BCUT2D eigenvalue weighted by molar-refractivity contribution is 9.10. The molecule has 1 N–H and O–H groups in total. The summed E-state index contributed by atoms with van der Waals surface area (Å²) in [6.07, 6.45) is 3.74. The Labute approximate surface area is 91.5 Å². The summed E-state index contributed by atoms with van der Waals surface area (Å²) in [5.74, 6) is 0.609. The third kappa shape index (κ3) is 4.53. The number of halogens is 1. The molecule has 0 saturated carbocycles. The number of aliphatic hydroxyl groups is 1. The average Bonchev–Trinajstić information content (AvgIpc) is 2.06. The number of rotatable bonds is 4. The fraction of sp³-hybridized carbons (Fsp3) is 0.556.